The van der Waals surface area contributed by atoms with E-state index >= 15 is 0 Å². The summed E-state index contributed by atoms with van der Waals surface area (Å²) in [5, 5.41) is 0.547. The molecule has 0 spiro atoms. The van der Waals surface area contributed by atoms with E-state index in [1.165, 1.54) is 30.6 Å². The van der Waals surface area contributed by atoms with Crippen LogP contribution in [0.3, 0.4) is 0 Å². The normalized spacial score (nSPS) is 11.4. The molecule has 10 heteroatoms. The van der Waals surface area contributed by atoms with E-state index in [0.717, 1.165) is 15.8 Å². The van der Waals surface area contributed by atoms with Crippen LogP contribution in [-0.2, 0) is 16.6 Å². The number of sulfonamides is 1. The summed E-state index contributed by atoms with van der Waals surface area (Å²) in [6.07, 6.45) is 1.56. The number of aromatic nitrogens is 1. The van der Waals surface area contributed by atoms with E-state index in [9.17, 15) is 13.2 Å². The Kier molecular flexibility index (Phi) is 6.68. The second kappa shape index (κ2) is 10.1. The van der Waals surface area contributed by atoms with Crippen molar-refractivity contribution in [2.75, 3.05) is 16.7 Å². The van der Waals surface area contributed by atoms with E-state index in [1.807, 2.05) is 25.1 Å². The topological polar surface area (TPSA) is 102 Å². The number of ether oxygens (including phenoxy) is 1. The third-order valence-corrected chi connectivity index (χ3v) is 8.09. The van der Waals surface area contributed by atoms with Crippen molar-refractivity contribution < 1.29 is 22.4 Å². The minimum Gasteiger partial charge on any atom is -0.497 e. The van der Waals surface area contributed by atoms with Gasteiger partial charge in [-0.3, -0.25) is 14.4 Å². The largest absolute Gasteiger partial charge is 0.497 e. The molecule has 0 saturated carbocycles. The van der Waals surface area contributed by atoms with Crippen LogP contribution in [0.1, 0.15) is 21.7 Å². The van der Waals surface area contributed by atoms with Gasteiger partial charge in [0, 0.05) is 11.3 Å². The molecule has 188 valence electrons. The van der Waals surface area contributed by atoms with Gasteiger partial charge in [-0.1, -0.05) is 17.4 Å². The smallest absolute Gasteiger partial charge is 0.261 e. The molecule has 3 aromatic carbocycles. The molecule has 5 aromatic rings. The number of anilines is 2. The molecule has 0 aliphatic carbocycles. The molecule has 2 heterocycles. The van der Waals surface area contributed by atoms with Gasteiger partial charge in [0.25, 0.3) is 15.9 Å². The lowest BCUT2D eigenvalue weighted by molar-refractivity contribution is 0.0983. The number of aryl methyl sites for hydroxylation is 1. The van der Waals surface area contributed by atoms with E-state index in [0.29, 0.717) is 27.9 Å². The lowest BCUT2D eigenvalue weighted by Crippen LogP contribution is -2.30. The van der Waals surface area contributed by atoms with Crippen LogP contribution in [0, 0.1) is 6.92 Å². The minimum absolute atomic E-state index is 0.101. The maximum atomic E-state index is 13.6. The van der Waals surface area contributed by atoms with Crippen LogP contribution >= 0.6 is 11.3 Å². The highest BCUT2D eigenvalue weighted by Gasteiger charge is 2.23. The number of furan rings is 1. The number of fused-ring (bicyclic) bond motifs is 1. The van der Waals surface area contributed by atoms with Crippen molar-refractivity contribution in [3.05, 3.63) is 102 Å². The quantitative estimate of drug-likeness (QED) is 0.268. The number of benzene rings is 3. The third-order valence-electron chi connectivity index (χ3n) is 5.66. The summed E-state index contributed by atoms with van der Waals surface area (Å²) in [6.45, 7) is 2.21. The zero-order valence-electron chi connectivity index (χ0n) is 20.0. The summed E-state index contributed by atoms with van der Waals surface area (Å²) < 4.78 is 39.6. The second-order valence-corrected chi connectivity index (χ2v) is 11.0. The van der Waals surface area contributed by atoms with E-state index in [4.69, 9.17) is 9.15 Å². The molecule has 0 aliphatic rings. The van der Waals surface area contributed by atoms with Crippen LogP contribution in [0.15, 0.2) is 94.4 Å². The first-order valence-corrected chi connectivity index (χ1v) is 13.6. The molecule has 0 bridgehead atoms. The van der Waals surface area contributed by atoms with E-state index in [-0.39, 0.29) is 17.3 Å². The van der Waals surface area contributed by atoms with Crippen LogP contribution < -0.4 is 14.4 Å². The van der Waals surface area contributed by atoms with Gasteiger partial charge in [0.2, 0.25) is 0 Å². The Hall–Kier alpha value is -4.15. The zero-order valence-corrected chi connectivity index (χ0v) is 21.7. The highest BCUT2D eigenvalue weighted by molar-refractivity contribution is 7.92. The second-order valence-electron chi connectivity index (χ2n) is 8.30. The summed E-state index contributed by atoms with van der Waals surface area (Å²) in [6, 6.07) is 21.9. The Morgan fingerprint density at radius 3 is 2.49 bits per heavy atom. The number of thiazole rings is 1. The fourth-order valence-electron chi connectivity index (χ4n) is 3.73. The van der Waals surface area contributed by atoms with Gasteiger partial charge in [-0.05, 0) is 85.3 Å². The van der Waals surface area contributed by atoms with E-state index in [1.54, 1.807) is 59.7 Å². The number of hydrogen-bond donors (Lipinski definition) is 1. The summed E-state index contributed by atoms with van der Waals surface area (Å²) in [5.74, 6) is 0.897. The standard InChI is InChI=1S/C27H23N3O5S2/c1-18-5-14-24-25(16-18)36-27(28-24)30(17-22-4-3-15-35-22)26(31)19-6-8-20(9-7-19)29-37(32,33)23-12-10-21(34-2)11-13-23/h3-16,29H,17H2,1-2H3. The average molecular weight is 534 g/mol. The summed E-state index contributed by atoms with van der Waals surface area (Å²) in [7, 11) is -2.29. The van der Waals surface area contributed by atoms with Gasteiger partial charge in [0.05, 0.1) is 35.0 Å². The Morgan fingerprint density at radius 2 is 1.81 bits per heavy atom. The zero-order chi connectivity index (χ0) is 26.0. The van der Waals surface area contributed by atoms with Gasteiger partial charge in [-0.25, -0.2) is 13.4 Å². The Morgan fingerprint density at radius 1 is 1.05 bits per heavy atom. The number of rotatable bonds is 8. The molecule has 0 unspecified atom stereocenters. The van der Waals surface area contributed by atoms with Crippen molar-refractivity contribution in [1.82, 2.24) is 4.98 Å². The summed E-state index contributed by atoms with van der Waals surface area (Å²) >= 11 is 1.43. The van der Waals surface area contributed by atoms with Gasteiger partial charge >= 0.3 is 0 Å². The molecule has 0 saturated heterocycles. The number of hydrogen-bond acceptors (Lipinski definition) is 7. The highest BCUT2D eigenvalue weighted by atomic mass is 32.2. The molecule has 0 fully saturated rings. The molecule has 2 aromatic heterocycles. The van der Waals surface area contributed by atoms with Crippen molar-refractivity contribution in [2.24, 2.45) is 0 Å². The summed E-state index contributed by atoms with van der Waals surface area (Å²) in [5.41, 5.74) is 2.64. The highest BCUT2D eigenvalue weighted by Crippen LogP contribution is 2.32. The van der Waals surface area contributed by atoms with Gasteiger partial charge in [0.1, 0.15) is 11.5 Å². The van der Waals surface area contributed by atoms with Crippen molar-refractivity contribution in [1.29, 1.82) is 0 Å². The number of carbonyl (C=O) groups is 1. The monoisotopic (exact) mass is 533 g/mol. The van der Waals surface area contributed by atoms with Crippen LogP contribution in [0.2, 0.25) is 0 Å². The minimum atomic E-state index is -3.81. The lowest BCUT2D eigenvalue weighted by Gasteiger charge is -2.19. The van der Waals surface area contributed by atoms with E-state index < -0.39 is 10.0 Å². The predicted molar refractivity (Wildman–Crippen MR) is 144 cm³/mol. The van der Waals surface area contributed by atoms with Crippen molar-refractivity contribution in [3.8, 4) is 5.75 Å². The molecule has 0 radical (unpaired) electrons. The molecule has 1 amide bonds. The van der Waals surface area contributed by atoms with Crippen molar-refractivity contribution in [3.63, 3.8) is 0 Å². The summed E-state index contributed by atoms with van der Waals surface area (Å²) in [4.78, 5) is 19.9. The maximum absolute atomic E-state index is 13.6. The first-order valence-electron chi connectivity index (χ1n) is 11.3. The molecule has 8 nitrogen and oxygen atoms in total. The number of amides is 1. The van der Waals surface area contributed by atoms with Crippen LogP contribution in [0.4, 0.5) is 10.8 Å². The first kappa shape index (κ1) is 24.5. The van der Waals surface area contributed by atoms with Gasteiger partial charge in [-0.15, -0.1) is 0 Å². The molecular weight excluding hydrogens is 510 g/mol. The third kappa shape index (κ3) is 5.35. The van der Waals surface area contributed by atoms with Crippen molar-refractivity contribution >= 4 is 48.3 Å². The van der Waals surface area contributed by atoms with E-state index in [2.05, 4.69) is 9.71 Å². The van der Waals surface area contributed by atoms with Crippen LogP contribution in [0.5, 0.6) is 5.75 Å². The molecule has 5 rings (SSSR count). The SMILES string of the molecule is COc1ccc(S(=O)(=O)Nc2ccc(C(=O)N(Cc3ccco3)c3nc4ccc(C)cc4s3)cc2)cc1. The van der Waals surface area contributed by atoms with Gasteiger partial charge in [0.15, 0.2) is 5.13 Å². The Labute approximate surface area is 218 Å². The Bertz CT molecular complexity index is 1640. The van der Waals surface area contributed by atoms with Crippen LogP contribution in [-0.4, -0.2) is 26.4 Å². The molecule has 1 N–H and O–H groups in total. The number of nitrogens with zero attached hydrogens (tertiary/aromatic N) is 2. The fraction of sp³-hybridized carbons (Fsp3) is 0.111. The molecular formula is C27H23N3O5S2. The predicted octanol–water partition coefficient (Wildman–Crippen LogP) is 5.85. The number of carbonyl (C=O) groups excluding carboxylic acids is 1. The number of methoxy groups -OCH3 is 1. The van der Waals surface area contributed by atoms with Crippen molar-refractivity contribution in [2.45, 2.75) is 18.4 Å². The number of nitrogens with one attached hydrogen (secondary N) is 1. The fourth-order valence-corrected chi connectivity index (χ4v) is 5.85. The van der Waals surface area contributed by atoms with Crippen LogP contribution in [0.25, 0.3) is 10.2 Å². The molecule has 0 aliphatic heterocycles. The lowest BCUT2D eigenvalue weighted by atomic mass is 10.2. The van der Waals surface area contributed by atoms with Gasteiger partial charge < -0.3 is 9.15 Å². The Balaban J connectivity index is 1.40. The first-order chi connectivity index (χ1) is 17.8. The molecule has 0 atom stereocenters. The maximum Gasteiger partial charge on any atom is 0.261 e. The average Bonchev–Trinajstić information content (AvgIpc) is 3.56. The molecule has 37 heavy (non-hydrogen) atoms. The van der Waals surface area contributed by atoms with Gasteiger partial charge in [-0.2, -0.15) is 0 Å².